The Bertz CT molecular complexity index is 1010. The lowest BCUT2D eigenvalue weighted by Crippen LogP contribution is -2.28. The maximum absolute atomic E-state index is 12.7. The number of rotatable bonds is 16. The van der Waals surface area contributed by atoms with Gasteiger partial charge in [0.2, 0.25) is 5.91 Å². The van der Waals surface area contributed by atoms with E-state index in [1.807, 2.05) is 66.7 Å². The molecule has 1 N–H and O–H groups in total. The first-order chi connectivity index (χ1) is 17.7. The summed E-state index contributed by atoms with van der Waals surface area (Å²) in [6.07, 6.45) is 14.6. The minimum Gasteiger partial charge on any atom is -0.494 e. The van der Waals surface area contributed by atoms with Crippen LogP contribution in [-0.4, -0.2) is 12.5 Å². The third kappa shape index (κ3) is 10.5. The van der Waals surface area contributed by atoms with Crippen LogP contribution in [0.4, 0.5) is 0 Å². The Morgan fingerprint density at radius 1 is 0.778 bits per heavy atom. The highest BCUT2D eigenvalue weighted by Gasteiger charge is 2.14. The molecule has 0 saturated heterocycles. The Morgan fingerprint density at radius 2 is 1.39 bits per heavy atom. The molecule has 0 saturated carbocycles. The van der Waals surface area contributed by atoms with E-state index in [-0.39, 0.29) is 11.9 Å². The van der Waals surface area contributed by atoms with Crippen molar-refractivity contribution in [2.45, 2.75) is 70.8 Å². The molecule has 1 unspecified atom stereocenters. The van der Waals surface area contributed by atoms with Gasteiger partial charge < -0.3 is 10.1 Å². The molecule has 0 aliphatic carbocycles. The molecule has 0 fully saturated rings. The summed E-state index contributed by atoms with van der Waals surface area (Å²) in [5.74, 6) is 0.779. The minimum absolute atomic E-state index is 0.0853. The van der Waals surface area contributed by atoms with E-state index >= 15 is 0 Å². The van der Waals surface area contributed by atoms with Crippen LogP contribution in [0.15, 0.2) is 91.0 Å². The van der Waals surface area contributed by atoms with Crippen molar-refractivity contribution in [2.75, 3.05) is 6.61 Å². The van der Waals surface area contributed by atoms with E-state index < -0.39 is 0 Å². The SMILES string of the molecule is CCCCCCCCCCOc1ccc(C=CC(=O)NC(Cc2ccccc2)c2ccccc2)cc1. The Morgan fingerprint density at radius 3 is 2.06 bits per heavy atom. The molecule has 0 aromatic heterocycles. The molecule has 0 radical (unpaired) electrons. The molecule has 190 valence electrons. The summed E-state index contributed by atoms with van der Waals surface area (Å²) >= 11 is 0. The standard InChI is InChI=1S/C33H41NO2/c1-2-3-4-5-6-7-8-15-26-36-31-23-20-28(21-24-31)22-25-33(35)34-32(30-18-13-10-14-19-30)27-29-16-11-9-12-17-29/h9-14,16-25,32H,2-8,15,26-27H2,1H3,(H,34,35). The fraction of sp³-hybridized carbons (Fsp3) is 0.364. The quantitative estimate of drug-likeness (QED) is 0.164. The number of nitrogens with one attached hydrogen (secondary N) is 1. The van der Waals surface area contributed by atoms with Gasteiger partial charge in [0.05, 0.1) is 12.6 Å². The third-order valence-corrected chi connectivity index (χ3v) is 6.37. The van der Waals surface area contributed by atoms with Gasteiger partial charge in [-0.1, -0.05) is 125 Å². The highest BCUT2D eigenvalue weighted by atomic mass is 16.5. The zero-order valence-corrected chi connectivity index (χ0v) is 21.7. The van der Waals surface area contributed by atoms with E-state index in [9.17, 15) is 4.79 Å². The van der Waals surface area contributed by atoms with E-state index in [0.29, 0.717) is 0 Å². The fourth-order valence-corrected chi connectivity index (χ4v) is 4.28. The first-order valence-corrected chi connectivity index (χ1v) is 13.5. The summed E-state index contributed by atoms with van der Waals surface area (Å²) in [7, 11) is 0. The average molecular weight is 484 g/mol. The molecule has 36 heavy (non-hydrogen) atoms. The molecule has 0 aliphatic rings. The molecule has 0 spiro atoms. The van der Waals surface area contributed by atoms with Gasteiger partial charge in [-0.25, -0.2) is 0 Å². The molecule has 3 rings (SSSR count). The van der Waals surface area contributed by atoms with Crippen molar-refractivity contribution in [3.63, 3.8) is 0 Å². The van der Waals surface area contributed by atoms with Crippen molar-refractivity contribution in [1.29, 1.82) is 0 Å². The van der Waals surface area contributed by atoms with Gasteiger partial charge in [-0.3, -0.25) is 4.79 Å². The fourth-order valence-electron chi connectivity index (χ4n) is 4.28. The molecule has 0 bridgehead atoms. The molecule has 1 atom stereocenters. The van der Waals surface area contributed by atoms with Gasteiger partial charge in [-0.15, -0.1) is 0 Å². The van der Waals surface area contributed by atoms with Crippen LogP contribution >= 0.6 is 0 Å². The summed E-state index contributed by atoms with van der Waals surface area (Å²) in [4.78, 5) is 12.7. The molecule has 3 aromatic carbocycles. The van der Waals surface area contributed by atoms with Gasteiger partial charge in [0.1, 0.15) is 5.75 Å². The first kappa shape index (κ1) is 27.3. The summed E-state index contributed by atoms with van der Waals surface area (Å²) in [6, 6.07) is 28.2. The zero-order valence-electron chi connectivity index (χ0n) is 21.7. The highest BCUT2D eigenvalue weighted by molar-refractivity contribution is 5.92. The molecule has 0 aliphatic heterocycles. The topological polar surface area (TPSA) is 38.3 Å². The second kappa shape index (κ2) is 16.4. The summed E-state index contributed by atoms with van der Waals surface area (Å²) < 4.78 is 5.89. The Labute approximate surface area is 217 Å². The van der Waals surface area contributed by atoms with E-state index in [4.69, 9.17) is 4.74 Å². The molecule has 3 heteroatoms. The Hall–Kier alpha value is -3.33. The van der Waals surface area contributed by atoms with Gasteiger partial charge in [-0.2, -0.15) is 0 Å². The smallest absolute Gasteiger partial charge is 0.244 e. The van der Waals surface area contributed by atoms with Crippen molar-refractivity contribution in [2.24, 2.45) is 0 Å². The van der Waals surface area contributed by atoms with Crippen LogP contribution in [-0.2, 0) is 11.2 Å². The number of benzene rings is 3. The van der Waals surface area contributed by atoms with Gasteiger partial charge >= 0.3 is 0 Å². The Balaban J connectivity index is 1.43. The van der Waals surface area contributed by atoms with Gasteiger partial charge in [0, 0.05) is 6.08 Å². The monoisotopic (exact) mass is 483 g/mol. The lowest BCUT2D eigenvalue weighted by Gasteiger charge is -2.18. The first-order valence-electron chi connectivity index (χ1n) is 13.5. The second-order valence-electron chi connectivity index (χ2n) is 9.39. The van der Waals surface area contributed by atoms with Crippen LogP contribution in [0.1, 0.15) is 81.0 Å². The predicted octanol–water partition coefficient (Wildman–Crippen LogP) is 8.32. The van der Waals surface area contributed by atoms with Crippen molar-refractivity contribution in [3.8, 4) is 5.75 Å². The van der Waals surface area contributed by atoms with E-state index in [2.05, 4.69) is 36.5 Å². The van der Waals surface area contributed by atoms with Gasteiger partial charge in [0.25, 0.3) is 0 Å². The highest BCUT2D eigenvalue weighted by Crippen LogP contribution is 2.19. The average Bonchev–Trinajstić information content (AvgIpc) is 2.92. The van der Waals surface area contributed by atoms with Crippen LogP contribution in [0.2, 0.25) is 0 Å². The molecule has 0 heterocycles. The normalized spacial score (nSPS) is 11.9. The number of hydrogen-bond acceptors (Lipinski definition) is 2. The van der Waals surface area contributed by atoms with Crippen molar-refractivity contribution >= 4 is 12.0 Å². The minimum atomic E-state index is -0.102. The molecule has 3 nitrogen and oxygen atoms in total. The zero-order chi connectivity index (χ0) is 25.3. The lowest BCUT2D eigenvalue weighted by molar-refractivity contribution is -0.117. The summed E-state index contributed by atoms with van der Waals surface area (Å²) in [5, 5.41) is 3.17. The Kier molecular flexibility index (Phi) is 12.4. The number of hydrogen-bond donors (Lipinski definition) is 1. The predicted molar refractivity (Wildman–Crippen MR) is 151 cm³/mol. The van der Waals surface area contributed by atoms with E-state index in [0.717, 1.165) is 36.3 Å². The molecular formula is C33H41NO2. The summed E-state index contributed by atoms with van der Waals surface area (Å²) in [6.45, 7) is 3.02. The molecular weight excluding hydrogens is 442 g/mol. The van der Waals surface area contributed by atoms with Crippen LogP contribution in [0.3, 0.4) is 0 Å². The molecule has 1 amide bonds. The summed E-state index contributed by atoms with van der Waals surface area (Å²) in [5.41, 5.74) is 3.27. The number of unbranched alkanes of at least 4 members (excludes halogenated alkanes) is 7. The maximum Gasteiger partial charge on any atom is 0.244 e. The van der Waals surface area contributed by atoms with Crippen LogP contribution in [0.25, 0.3) is 6.08 Å². The number of carbonyl (C=O) groups excluding carboxylic acids is 1. The molecule has 3 aromatic rings. The number of ether oxygens (including phenoxy) is 1. The van der Waals surface area contributed by atoms with Crippen molar-refractivity contribution in [1.82, 2.24) is 5.32 Å². The van der Waals surface area contributed by atoms with Crippen molar-refractivity contribution < 1.29 is 9.53 Å². The second-order valence-corrected chi connectivity index (χ2v) is 9.39. The number of carbonyl (C=O) groups is 1. The van der Waals surface area contributed by atoms with E-state index in [1.54, 1.807) is 6.08 Å². The number of amides is 1. The largest absolute Gasteiger partial charge is 0.494 e. The van der Waals surface area contributed by atoms with Gasteiger partial charge in [-0.05, 0) is 47.7 Å². The maximum atomic E-state index is 12.7. The van der Waals surface area contributed by atoms with E-state index in [1.165, 1.54) is 50.5 Å². The van der Waals surface area contributed by atoms with Crippen molar-refractivity contribution in [3.05, 3.63) is 108 Å². The van der Waals surface area contributed by atoms with Crippen LogP contribution in [0.5, 0.6) is 5.75 Å². The van der Waals surface area contributed by atoms with Gasteiger partial charge in [0.15, 0.2) is 0 Å². The third-order valence-electron chi connectivity index (χ3n) is 6.37. The van der Waals surface area contributed by atoms with Crippen LogP contribution < -0.4 is 10.1 Å². The van der Waals surface area contributed by atoms with Crippen LogP contribution in [0, 0.1) is 0 Å². The lowest BCUT2D eigenvalue weighted by atomic mass is 9.99.